The van der Waals surface area contributed by atoms with Gasteiger partial charge in [-0.15, -0.1) is 6.07 Å². The topological polar surface area (TPSA) is 18.5 Å². The van der Waals surface area contributed by atoms with Gasteiger partial charge < -0.3 is 21.7 Å². The number of benzene rings is 1. The van der Waals surface area contributed by atoms with Gasteiger partial charge in [0.15, 0.2) is 0 Å². The summed E-state index contributed by atoms with van der Waals surface area (Å²) in [5.74, 6) is -0.346. The second kappa shape index (κ2) is 6.10. The smallest absolute Gasteiger partial charge is 1.00 e. The minimum atomic E-state index is -0.675. The molecule has 1 aliphatic heterocycles. The summed E-state index contributed by atoms with van der Waals surface area (Å²) in [7, 11) is -0.675. The number of rotatable bonds is 1. The molecule has 0 aromatic heterocycles. The molecule has 1 aromatic rings. The van der Waals surface area contributed by atoms with Crippen molar-refractivity contribution in [3.05, 3.63) is 30.1 Å². The van der Waals surface area contributed by atoms with Crippen LogP contribution in [0.1, 0.15) is 27.7 Å². The van der Waals surface area contributed by atoms with Gasteiger partial charge in [0.1, 0.15) is 0 Å². The van der Waals surface area contributed by atoms with Crippen LogP contribution >= 0.6 is 0 Å². The van der Waals surface area contributed by atoms with E-state index >= 15 is 0 Å². The summed E-state index contributed by atoms with van der Waals surface area (Å²) in [6, 6.07) is 7.47. The standard InChI is InChI=1S/C12H15BFO2.ClH.Mg/c1-11(2)12(3,4)16-13(15-11)9-7-5-6-8-10(9)14;;/h5-6,8H,1-4H3;1H;/q-1;;+2/p-1. The predicted molar refractivity (Wildman–Crippen MR) is 66.7 cm³/mol. The van der Waals surface area contributed by atoms with E-state index in [1.165, 1.54) is 6.07 Å². The van der Waals surface area contributed by atoms with Crippen LogP contribution in [0, 0.1) is 11.9 Å². The molecule has 0 unspecified atom stereocenters. The average molecular weight is 281 g/mol. The minimum Gasteiger partial charge on any atom is -1.00 e. The van der Waals surface area contributed by atoms with Gasteiger partial charge in [-0.25, -0.2) is 0 Å². The Bertz CT molecular complexity index is 399. The van der Waals surface area contributed by atoms with Gasteiger partial charge in [0.05, 0.1) is 11.2 Å². The fourth-order valence-corrected chi connectivity index (χ4v) is 1.57. The van der Waals surface area contributed by atoms with Crippen molar-refractivity contribution in [1.29, 1.82) is 0 Å². The molecule has 94 valence electrons. The van der Waals surface area contributed by atoms with Crippen LogP contribution in [0.2, 0.25) is 0 Å². The summed E-state index contributed by atoms with van der Waals surface area (Å²) in [5.41, 5.74) is -0.567. The van der Waals surface area contributed by atoms with Gasteiger partial charge in [-0.05, 0) is 27.7 Å². The zero-order valence-corrected chi connectivity index (χ0v) is 13.3. The SMILES string of the molecule is CC1(C)OB(c2[c-]cccc2F)OC1(C)C.[Cl-].[Mg+2]. The normalized spacial score (nSPS) is 19.9. The van der Waals surface area contributed by atoms with Gasteiger partial charge >= 0.3 is 30.2 Å². The Labute approximate surface area is 130 Å². The van der Waals surface area contributed by atoms with Gasteiger partial charge in [0.25, 0.3) is 0 Å². The molecule has 1 aromatic carbocycles. The summed E-state index contributed by atoms with van der Waals surface area (Å²) < 4.78 is 25.0. The van der Waals surface area contributed by atoms with E-state index in [0.29, 0.717) is 5.46 Å². The van der Waals surface area contributed by atoms with Crippen molar-refractivity contribution in [2.24, 2.45) is 0 Å². The average Bonchev–Trinajstić information content (AvgIpc) is 2.36. The second-order valence-corrected chi connectivity index (χ2v) is 5.02. The Hall–Kier alpha value is 0.191. The molecule has 1 heterocycles. The molecule has 0 amide bonds. The van der Waals surface area contributed by atoms with Crippen LogP contribution in [0.15, 0.2) is 18.2 Å². The van der Waals surface area contributed by atoms with Crippen LogP contribution in [0.4, 0.5) is 4.39 Å². The van der Waals surface area contributed by atoms with Crippen LogP contribution < -0.4 is 17.9 Å². The van der Waals surface area contributed by atoms with Crippen molar-refractivity contribution < 1.29 is 26.1 Å². The molecule has 1 fully saturated rings. The summed E-state index contributed by atoms with van der Waals surface area (Å²) in [5, 5.41) is 0. The summed E-state index contributed by atoms with van der Waals surface area (Å²) in [6.07, 6.45) is 0. The first-order chi connectivity index (χ1) is 7.33. The van der Waals surface area contributed by atoms with E-state index in [1.807, 2.05) is 27.7 Å². The third-order valence-corrected chi connectivity index (χ3v) is 3.32. The fourth-order valence-electron chi connectivity index (χ4n) is 1.57. The van der Waals surface area contributed by atoms with E-state index in [1.54, 1.807) is 12.1 Å². The number of hydrogen-bond acceptors (Lipinski definition) is 2. The van der Waals surface area contributed by atoms with Gasteiger partial charge in [-0.3, -0.25) is 4.39 Å². The molecular weight excluding hydrogens is 266 g/mol. The maximum atomic E-state index is 13.6. The van der Waals surface area contributed by atoms with Crippen LogP contribution in [0.5, 0.6) is 0 Å². The summed E-state index contributed by atoms with van der Waals surface area (Å²) in [6.45, 7) is 7.75. The molecule has 0 saturated carbocycles. The van der Waals surface area contributed by atoms with Crippen molar-refractivity contribution in [2.45, 2.75) is 38.9 Å². The van der Waals surface area contributed by atoms with Crippen molar-refractivity contribution in [1.82, 2.24) is 0 Å². The van der Waals surface area contributed by atoms with Crippen LogP contribution in [0.3, 0.4) is 0 Å². The predicted octanol–water partition coefficient (Wildman–Crippen LogP) is -1.45. The van der Waals surface area contributed by atoms with E-state index in [4.69, 9.17) is 9.31 Å². The molecule has 0 atom stereocenters. The zero-order chi connectivity index (χ0) is 12.0. The maximum Gasteiger partial charge on any atom is 2.00 e. The third-order valence-electron chi connectivity index (χ3n) is 3.32. The largest absolute Gasteiger partial charge is 2.00 e. The molecule has 2 rings (SSSR count). The Balaban J connectivity index is 0.00000144. The molecule has 0 bridgehead atoms. The molecule has 18 heavy (non-hydrogen) atoms. The van der Waals surface area contributed by atoms with Crippen molar-refractivity contribution in [3.63, 3.8) is 0 Å². The molecular formula is C12H15BClFMgO2. The minimum absolute atomic E-state index is 0. The quantitative estimate of drug-likeness (QED) is 0.463. The summed E-state index contributed by atoms with van der Waals surface area (Å²) in [4.78, 5) is 0. The molecule has 0 aliphatic carbocycles. The molecule has 0 radical (unpaired) electrons. The zero-order valence-electron chi connectivity index (χ0n) is 11.1. The maximum absolute atomic E-state index is 13.6. The fraction of sp³-hybridized carbons (Fsp3) is 0.500. The first kappa shape index (κ1) is 18.2. The molecule has 0 spiro atoms. The van der Waals surface area contributed by atoms with E-state index in [9.17, 15) is 4.39 Å². The van der Waals surface area contributed by atoms with Crippen molar-refractivity contribution >= 4 is 35.6 Å². The first-order valence-electron chi connectivity index (χ1n) is 5.35. The molecule has 0 N–H and O–H groups in total. The van der Waals surface area contributed by atoms with E-state index < -0.39 is 18.3 Å². The van der Waals surface area contributed by atoms with Gasteiger partial charge in [0.2, 0.25) is 0 Å². The van der Waals surface area contributed by atoms with E-state index in [0.717, 1.165) is 0 Å². The molecule has 1 saturated heterocycles. The number of hydrogen-bond donors (Lipinski definition) is 0. The van der Waals surface area contributed by atoms with Crippen LogP contribution in [0.25, 0.3) is 0 Å². The first-order valence-corrected chi connectivity index (χ1v) is 5.35. The van der Waals surface area contributed by atoms with Crippen LogP contribution in [-0.2, 0) is 9.31 Å². The van der Waals surface area contributed by atoms with Crippen molar-refractivity contribution in [3.8, 4) is 0 Å². The second-order valence-electron chi connectivity index (χ2n) is 5.02. The molecule has 1 aliphatic rings. The monoisotopic (exact) mass is 280 g/mol. The number of halogens is 2. The Kier molecular flexibility index (Phi) is 6.16. The Morgan fingerprint density at radius 3 is 2.11 bits per heavy atom. The summed E-state index contributed by atoms with van der Waals surface area (Å²) >= 11 is 0. The van der Waals surface area contributed by atoms with Crippen molar-refractivity contribution in [2.75, 3.05) is 0 Å². The van der Waals surface area contributed by atoms with Crippen LogP contribution in [-0.4, -0.2) is 41.4 Å². The van der Waals surface area contributed by atoms with E-state index in [-0.39, 0.29) is 41.3 Å². The molecule has 6 heteroatoms. The van der Waals surface area contributed by atoms with E-state index in [2.05, 4.69) is 6.07 Å². The van der Waals surface area contributed by atoms with Gasteiger partial charge in [-0.2, -0.15) is 18.2 Å². The Morgan fingerprint density at radius 2 is 1.67 bits per heavy atom. The Morgan fingerprint density at radius 1 is 1.17 bits per heavy atom. The van der Waals surface area contributed by atoms with Gasteiger partial charge in [-0.1, -0.05) is 5.46 Å². The van der Waals surface area contributed by atoms with Gasteiger partial charge in [0, 0.05) is 5.82 Å². The third kappa shape index (κ3) is 3.20. The molecule has 2 nitrogen and oxygen atoms in total.